The molecule has 0 spiro atoms. The minimum absolute atomic E-state index is 0.0113. The Kier molecular flexibility index (Phi) is 5.68. The fourth-order valence-corrected chi connectivity index (χ4v) is 6.51. The van der Waals surface area contributed by atoms with Gasteiger partial charge in [-0.25, -0.2) is 9.37 Å². The highest BCUT2D eigenvalue weighted by atomic mass is 19.1. The molecule has 0 saturated heterocycles. The standard InChI is InChI=1S/C26H32FN5O3/c1-13(33)30-17-6-14-4-16(5-15(14)7-17)25(35)31-23-9-18(20(27)11-29-23)19-8-21(24(28)34)32-12-26(2,3)10-22(19)32/h8-9,11,14-17H,4-7,10,12H2,1-3H3,(H2,28,34)(H,30,33)(H,29,31,35)/t14-,15+,16?,17?. The molecule has 3 heterocycles. The predicted molar refractivity (Wildman–Crippen MR) is 129 cm³/mol. The number of nitrogens with two attached hydrogens (primary N) is 1. The number of fused-ring (bicyclic) bond motifs is 2. The third-order valence-corrected chi connectivity index (χ3v) is 7.88. The lowest BCUT2D eigenvalue weighted by Gasteiger charge is -2.16. The summed E-state index contributed by atoms with van der Waals surface area (Å²) in [6.45, 7) is 6.35. The van der Waals surface area contributed by atoms with Gasteiger partial charge in [0, 0.05) is 42.2 Å². The van der Waals surface area contributed by atoms with Gasteiger partial charge in [0.25, 0.3) is 5.91 Å². The summed E-state index contributed by atoms with van der Waals surface area (Å²) in [4.78, 5) is 40.5. The second-order valence-electron chi connectivity index (χ2n) is 11.3. The van der Waals surface area contributed by atoms with E-state index in [0.29, 0.717) is 41.6 Å². The van der Waals surface area contributed by atoms with Crippen LogP contribution in [0.2, 0.25) is 0 Å². The van der Waals surface area contributed by atoms with Crippen molar-refractivity contribution in [2.45, 2.75) is 65.5 Å². The Hall–Kier alpha value is -3.23. The molecule has 9 heteroatoms. The van der Waals surface area contributed by atoms with Crippen molar-refractivity contribution in [1.29, 1.82) is 0 Å². The summed E-state index contributed by atoms with van der Waals surface area (Å²) >= 11 is 0. The largest absolute Gasteiger partial charge is 0.364 e. The zero-order valence-electron chi connectivity index (χ0n) is 20.4. The van der Waals surface area contributed by atoms with Crippen molar-refractivity contribution in [3.63, 3.8) is 0 Å². The van der Waals surface area contributed by atoms with Crippen molar-refractivity contribution >= 4 is 23.5 Å². The van der Waals surface area contributed by atoms with Gasteiger partial charge in [-0.1, -0.05) is 13.8 Å². The molecule has 8 nitrogen and oxygen atoms in total. The van der Waals surface area contributed by atoms with Crippen LogP contribution in [-0.2, 0) is 22.6 Å². The summed E-state index contributed by atoms with van der Waals surface area (Å²) in [5, 5.41) is 5.88. The maximum absolute atomic E-state index is 14.9. The van der Waals surface area contributed by atoms with Gasteiger partial charge in [-0.2, -0.15) is 0 Å². The van der Waals surface area contributed by atoms with Gasteiger partial charge in [0.15, 0.2) is 0 Å². The van der Waals surface area contributed by atoms with Crippen LogP contribution in [0.1, 0.15) is 62.6 Å². The quantitative estimate of drug-likeness (QED) is 0.607. The van der Waals surface area contributed by atoms with Crippen LogP contribution in [-0.4, -0.2) is 33.3 Å². The Labute approximate surface area is 203 Å². The Morgan fingerprint density at radius 3 is 2.43 bits per heavy atom. The number of nitrogens with one attached hydrogen (secondary N) is 2. The smallest absolute Gasteiger partial charge is 0.265 e. The highest BCUT2D eigenvalue weighted by Crippen LogP contribution is 2.47. The maximum atomic E-state index is 14.9. The monoisotopic (exact) mass is 481 g/mol. The third-order valence-electron chi connectivity index (χ3n) is 7.88. The molecular formula is C26H32FN5O3. The Morgan fingerprint density at radius 2 is 1.80 bits per heavy atom. The molecule has 5 rings (SSSR count). The van der Waals surface area contributed by atoms with Crippen LogP contribution in [0.4, 0.5) is 10.2 Å². The number of halogens is 1. The highest BCUT2D eigenvalue weighted by molar-refractivity contribution is 5.95. The number of primary amides is 1. The first-order valence-electron chi connectivity index (χ1n) is 12.3. The van der Waals surface area contributed by atoms with Gasteiger partial charge in [-0.3, -0.25) is 14.4 Å². The second-order valence-corrected chi connectivity index (χ2v) is 11.3. The van der Waals surface area contributed by atoms with Gasteiger partial charge in [0.05, 0.1) is 6.20 Å². The highest BCUT2D eigenvalue weighted by Gasteiger charge is 2.44. The Balaban J connectivity index is 1.33. The lowest BCUT2D eigenvalue weighted by molar-refractivity contribution is -0.121. The summed E-state index contributed by atoms with van der Waals surface area (Å²) in [7, 11) is 0. The molecular weight excluding hydrogens is 449 g/mol. The third kappa shape index (κ3) is 4.44. The molecule has 0 aromatic carbocycles. The topological polar surface area (TPSA) is 119 Å². The number of carbonyl (C=O) groups excluding carboxylic acids is 3. The molecule has 3 amide bonds. The van der Waals surface area contributed by atoms with E-state index >= 15 is 0 Å². The molecule has 0 radical (unpaired) electrons. The van der Waals surface area contributed by atoms with E-state index in [1.807, 2.05) is 4.57 Å². The van der Waals surface area contributed by atoms with E-state index in [1.165, 1.54) is 6.92 Å². The van der Waals surface area contributed by atoms with Gasteiger partial charge in [0.2, 0.25) is 11.8 Å². The molecule has 3 aliphatic rings. The maximum Gasteiger partial charge on any atom is 0.265 e. The van der Waals surface area contributed by atoms with Crippen LogP contribution < -0.4 is 16.4 Å². The van der Waals surface area contributed by atoms with Crippen LogP contribution in [0.3, 0.4) is 0 Å². The van der Waals surface area contributed by atoms with Crippen LogP contribution in [0.25, 0.3) is 11.1 Å². The van der Waals surface area contributed by atoms with E-state index in [1.54, 1.807) is 12.1 Å². The molecule has 2 fully saturated rings. The number of nitrogens with zero attached hydrogens (tertiary/aromatic N) is 2. The minimum Gasteiger partial charge on any atom is -0.364 e. The summed E-state index contributed by atoms with van der Waals surface area (Å²) < 4.78 is 16.8. The normalized spacial score (nSPS) is 26.3. The van der Waals surface area contributed by atoms with Crippen molar-refractivity contribution in [2.24, 2.45) is 28.9 Å². The molecule has 2 aliphatic carbocycles. The van der Waals surface area contributed by atoms with E-state index < -0.39 is 11.7 Å². The second kappa shape index (κ2) is 8.46. The van der Waals surface area contributed by atoms with Crippen LogP contribution >= 0.6 is 0 Å². The molecule has 0 bridgehead atoms. The Morgan fingerprint density at radius 1 is 1.11 bits per heavy atom. The van der Waals surface area contributed by atoms with Gasteiger partial charge in [-0.15, -0.1) is 0 Å². The molecule has 4 N–H and O–H groups in total. The summed E-state index contributed by atoms with van der Waals surface area (Å²) in [5.41, 5.74) is 7.65. The molecule has 2 unspecified atom stereocenters. The zero-order valence-corrected chi connectivity index (χ0v) is 20.4. The molecule has 2 aromatic heterocycles. The van der Waals surface area contributed by atoms with E-state index in [9.17, 15) is 18.8 Å². The summed E-state index contributed by atoms with van der Waals surface area (Å²) in [6, 6.07) is 3.38. The average molecular weight is 482 g/mol. The van der Waals surface area contributed by atoms with Gasteiger partial charge < -0.3 is 20.9 Å². The van der Waals surface area contributed by atoms with Crippen LogP contribution in [0.15, 0.2) is 18.3 Å². The average Bonchev–Trinajstić information content (AvgIpc) is 3.46. The zero-order chi connectivity index (χ0) is 25.1. The van der Waals surface area contributed by atoms with E-state index in [-0.39, 0.29) is 35.0 Å². The number of carbonyl (C=O) groups is 3. The first-order valence-corrected chi connectivity index (χ1v) is 12.3. The molecule has 1 aliphatic heterocycles. The number of amides is 3. The SMILES string of the molecule is CC(=O)NC1C[C@@H]2CC(C(=O)Nc3cc(-c4cc(C(N)=O)n5c4CC(C)(C)C5)c(F)cn3)C[C@@H]2C1. The van der Waals surface area contributed by atoms with Crippen molar-refractivity contribution in [2.75, 3.05) is 5.32 Å². The molecule has 35 heavy (non-hydrogen) atoms. The van der Waals surface area contributed by atoms with Gasteiger partial charge in [-0.05, 0) is 61.5 Å². The minimum atomic E-state index is -0.550. The van der Waals surface area contributed by atoms with E-state index in [4.69, 9.17) is 5.73 Å². The van der Waals surface area contributed by atoms with Gasteiger partial charge in [0.1, 0.15) is 17.3 Å². The fourth-order valence-electron chi connectivity index (χ4n) is 6.51. The van der Waals surface area contributed by atoms with Gasteiger partial charge >= 0.3 is 0 Å². The molecule has 2 saturated carbocycles. The number of aromatic nitrogens is 2. The van der Waals surface area contributed by atoms with Crippen LogP contribution in [0, 0.1) is 29.0 Å². The first-order chi connectivity index (χ1) is 16.5. The fraction of sp³-hybridized carbons (Fsp3) is 0.538. The number of pyridine rings is 1. The number of hydrogen-bond donors (Lipinski definition) is 3. The van der Waals surface area contributed by atoms with Crippen molar-refractivity contribution < 1.29 is 18.8 Å². The lowest BCUT2D eigenvalue weighted by atomic mass is 9.89. The van der Waals surface area contributed by atoms with Crippen molar-refractivity contribution in [3.8, 4) is 11.1 Å². The van der Waals surface area contributed by atoms with Crippen molar-refractivity contribution in [1.82, 2.24) is 14.9 Å². The van der Waals surface area contributed by atoms with E-state index in [0.717, 1.165) is 37.6 Å². The first kappa shape index (κ1) is 23.5. The number of rotatable bonds is 5. The number of hydrogen-bond acceptors (Lipinski definition) is 4. The van der Waals surface area contributed by atoms with Crippen LogP contribution in [0.5, 0.6) is 0 Å². The number of anilines is 1. The lowest BCUT2D eigenvalue weighted by Crippen LogP contribution is -2.31. The van der Waals surface area contributed by atoms with E-state index in [2.05, 4.69) is 29.5 Å². The van der Waals surface area contributed by atoms with Crippen molar-refractivity contribution in [3.05, 3.63) is 35.5 Å². The summed E-state index contributed by atoms with van der Waals surface area (Å²) in [5.74, 6) is -0.165. The summed E-state index contributed by atoms with van der Waals surface area (Å²) in [6.07, 6.45) is 5.18. The molecule has 186 valence electrons. The Bertz CT molecular complexity index is 1210. The molecule has 2 aromatic rings. The predicted octanol–water partition coefficient (Wildman–Crippen LogP) is 3.25. The molecule has 4 atom stereocenters.